The van der Waals surface area contributed by atoms with Crippen molar-refractivity contribution in [1.29, 1.82) is 0 Å². The van der Waals surface area contributed by atoms with Gasteiger partial charge >= 0.3 is 0 Å². The van der Waals surface area contributed by atoms with Gasteiger partial charge < -0.3 is 10.1 Å². The van der Waals surface area contributed by atoms with Crippen LogP contribution in [0.25, 0.3) is 10.2 Å². The van der Waals surface area contributed by atoms with Crippen molar-refractivity contribution in [3.63, 3.8) is 0 Å². The number of nitrogens with zero attached hydrogens (tertiary/aromatic N) is 2. The summed E-state index contributed by atoms with van der Waals surface area (Å²) in [7, 11) is 1.70. The quantitative estimate of drug-likeness (QED) is 0.791. The van der Waals surface area contributed by atoms with Crippen LogP contribution in [0.5, 0.6) is 5.75 Å². The van der Waals surface area contributed by atoms with Gasteiger partial charge in [-0.2, -0.15) is 0 Å². The third-order valence-electron chi connectivity index (χ3n) is 4.49. The Labute approximate surface area is 146 Å². The van der Waals surface area contributed by atoms with E-state index in [-0.39, 0.29) is 6.04 Å². The summed E-state index contributed by atoms with van der Waals surface area (Å²) in [6, 6.07) is 17.0. The maximum Gasteiger partial charge on any atom is 0.118 e. The normalized spacial score (nSPS) is 17.0. The average Bonchev–Trinajstić information content (AvgIpc) is 3.07. The number of hydrogen-bond donors (Lipinski definition) is 1. The monoisotopic (exact) mass is 339 g/mol. The van der Waals surface area contributed by atoms with E-state index in [0.717, 1.165) is 37.4 Å². The number of rotatable bonds is 4. The Hall–Kier alpha value is -1.95. The van der Waals surface area contributed by atoms with Crippen LogP contribution in [-0.4, -0.2) is 43.2 Å². The van der Waals surface area contributed by atoms with Crippen LogP contribution >= 0.6 is 11.3 Å². The van der Waals surface area contributed by atoms with E-state index in [9.17, 15) is 0 Å². The summed E-state index contributed by atoms with van der Waals surface area (Å²) in [4.78, 5) is 7.46. The van der Waals surface area contributed by atoms with Crippen LogP contribution in [0.15, 0.2) is 48.5 Å². The van der Waals surface area contributed by atoms with E-state index in [4.69, 9.17) is 9.72 Å². The predicted octanol–water partition coefficient (Wildman–Crippen LogP) is 3.30. The lowest BCUT2D eigenvalue weighted by atomic mass is 10.0. The van der Waals surface area contributed by atoms with E-state index in [1.807, 2.05) is 12.1 Å². The van der Waals surface area contributed by atoms with Gasteiger partial charge in [-0.15, -0.1) is 11.3 Å². The fraction of sp³-hybridized carbons (Fsp3) is 0.316. The van der Waals surface area contributed by atoms with Gasteiger partial charge in [0.2, 0.25) is 0 Å². The van der Waals surface area contributed by atoms with Crippen molar-refractivity contribution in [3.8, 4) is 5.75 Å². The highest BCUT2D eigenvalue weighted by Gasteiger charge is 2.26. The first-order valence-corrected chi connectivity index (χ1v) is 9.11. The second-order valence-corrected chi connectivity index (χ2v) is 7.04. The molecule has 1 fully saturated rings. The molecular weight excluding hydrogens is 318 g/mol. The van der Waals surface area contributed by atoms with Gasteiger partial charge in [-0.1, -0.05) is 24.3 Å². The molecule has 0 radical (unpaired) electrons. The minimum atomic E-state index is 0.204. The summed E-state index contributed by atoms with van der Waals surface area (Å²) < 4.78 is 6.56. The van der Waals surface area contributed by atoms with Crippen LogP contribution in [0.1, 0.15) is 16.6 Å². The molecule has 3 aromatic rings. The number of benzene rings is 2. The number of thiazole rings is 1. The molecule has 0 amide bonds. The van der Waals surface area contributed by atoms with Gasteiger partial charge in [0.15, 0.2) is 0 Å². The fourth-order valence-corrected chi connectivity index (χ4v) is 4.37. The Bertz CT molecular complexity index is 776. The molecule has 124 valence electrons. The van der Waals surface area contributed by atoms with Crippen LogP contribution in [-0.2, 0) is 0 Å². The molecule has 1 aliphatic heterocycles. The molecule has 1 N–H and O–H groups in total. The van der Waals surface area contributed by atoms with Crippen molar-refractivity contribution in [3.05, 3.63) is 59.1 Å². The first kappa shape index (κ1) is 15.6. The highest BCUT2D eigenvalue weighted by molar-refractivity contribution is 7.18. The summed E-state index contributed by atoms with van der Waals surface area (Å²) in [5.74, 6) is 0.891. The second-order valence-electron chi connectivity index (χ2n) is 5.98. The van der Waals surface area contributed by atoms with Crippen LogP contribution in [0.2, 0.25) is 0 Å². The van der Waals surface area contributed by atoms with Gasteiger partial charge in [-0.05, 0) is 29.8 Å². The zero-order valence-corrected chi connectivity index (χ0v) is 14.6. The Kier molecular flexibility index (Phi) is 4.47. The molecule has 0 spiro atoms. The van der Waals surface area contributed by atoms with Crippen molar-refractivity contribution < 1.29 is 4.74 Å². The van der Waals surface area contributed by atoms with Crippen molar-refractivity contribution in [2.24, 2.45) is 0 Å². The Balaban J connectivity index is 1.76. The van der Waals surface area contributed by atoms with E-state index in [0.29, 0.717) is 0 Å². The van der Waals surface area contributed by atoms with Gasteiger partial charge in [0.25, 0.3) is 0 Å². The van der Waals surface area contributed by atoms with Crippen LogP contribution < -0.4 is 10.1 Å². The lowest BCUT2D eigenvalue weighted by molar-refractivity contribution is 0.198. The van der Waals surface area contributed by atoms with E-state index >= 15 is 0 Å². The highest BCUT2D eigenvalue weighted by Crippen LogP contribution is 2.35. The summed E-state index contributed by atoms with van der Waals surface area (Å²) in [5.41, 5.74) is 2.36. The molecule has 1 aliphatic rings. The molecule has 1 saturated heterocycles. The third kappa shape index (κ3) is 3.02. The van der Waals surface area contributed by atoms with Crippen molar-refractivity contribution in [2.45, 2.75) is 6.04 Å². The number of ether oxygens (including phenoxy) is 1. The standard InChI is InChI=1S/C19H21N3OS/c1-23-15-8-6-14(7-9-15)18(22-12-10-20-11-13-22)19-21-16-4-2-3-5-17(16)24-19/h2-9,18,20H,10-13H2,1H3. The van der Waals surface area contributed by atoms with Crippen LogP contribution in [0, 0.1) is 0 Å². The number of nitrogens with one attached hydrogen (secondary N) is 1. The molecule has 1 aromatic heterocycles. The van der Waals surface area contributed by atoms with Crippen molar-refractivity contribution in [2.75, 3.05) is 33.3 Å². The second kappa shape index (κ2) is 6.89. The lowest BCUT2D eigenvalue weighted by Crippen LogP contribution is -2.45. The van der Waals surface area contributed by atoms with Gasteiger partial charge in [0.1, 0.15) is 10.8 Å². The Morgan fingerprint density at radius 1 is 1.08 bits per heavy atom. The topological polar surface area (TPSA) is 37.4 Å². The maximum atomic E-state index is 5.31. The minimum absolute atomic E-state index is 0.204. The molecule has 1 atom stereocenters. The largest absolute Gasteiger partial charge is 0.497 e. The fourth-order valence-electron chi connectivity index (χ4n) is 3.24. The number of piperazine rings is 1. The van der Waals surface area contributed by atoms with E-state index in [1.54, 1.807) is 18.4 Å². The molecule has 0 bridgehead atoms. The van der Waals surface area contributed by atoms with E-state index in [2.05, 4.69) is 46.6 Å². The number of fused-ring (bicyclic) bond motifs is 1. The molecule has 24 heavy (non-hydrogen) atoms. The molecule has 1 unspecified atom stereocenters. The molecule has 2 heterocycles. The van der Waals surface area contributed by atoms with Gasteiger partial charge in [0.05, 0.1) is 23.4 Å². The zero-order valence-electron chi connectivity index (χ0n) is 13.7. The van der Waals surface area contributed by atoms with Crippen molar-refractivity contribution >= 4 is 21.6 Å². The number of para-hydroxylation sites is 1. The van der Waals surface area contributed by atoms with Crippen LogP contribution in [0.3, 0.4) is 0 Å². The van der Waals surface area contributed by atoms with Gasteiger partial charge in [-0.3, -0.25) is 4.90 Å². The number of hydrogen-bond acceptors (Lipinski definition) is 5. The molecule has 4 nitrogen and oxygen atoms in total. The van der Waals surface area contributed by atoms with Gasteiger partial charge in [-0.25, -0.2) is 4.98 Å². The number of aromatic nitrogens is 1. The predicted molar refractivity (Wildman–Crippen MR) is 98.9 cm³/mol. The SMILES string of the molecule is COc1ccc(C(c2nc3ccccc3s2)N2CCNCC2)cc1. The molecule has 5 heteroatoms. The minimum Gasteiger partial charge on any atom is -0.497 e. The van der Waals surface area contributed by atoms with Gasteiger partial charge in [0, 0.05) is 26.2 Å². The first-order valence-electron chi connectivity index (χ1n) is 8.29. The van der Waals surface area contributed by atoms with E-state index in [1.165, 1.54) is 15.3 Å². The summed E-state index contributed by atoms with van der Waals surface area (Å²) in [6.07, 6.45) is 0. The third-order valence-corrected chi connectivity index (χ3v) is 5.58. The van der Waals surface area contributed by atoms with Crippen LogP contribution in [0.4, 0.5) is 0 Å². The average molecular weight is 339 g/mol. The molecular formula is C19H21N3OS. The Morgan fingerprint density at radius 3 is 2.54 bits per heavy atom. The molecule has 2 aromatic carbocycles. The first-order chi connectivity index (χ1) is 11.8. The highest BCUT2D eigenvalue weighted by atomic mass is 32.1. The molecule has 0 aliphatic carbocycles. The zero-order chi connectivity index (χ0) is 16.4. The Morgan fingerprint density at radius 2 is 1.83 bits per heavy atom. The van der Waals surface area contributed by atoms with E-state index < -0.39 is 0 Å². The summed E-state index contributed by atoms with van der Waals surface area (Å²) >= 11 is 1.80. The summed E-state index contributed by atoms with van der Waals surface area (Å²) in [6.45, 7) is 4.12. The maximum absolute atomic E-state index is 5.31. The molecule has 4 rings (SSSR count). The number of methoxy groups -OCH3 is 1. The van der Waals surface area contributed by atoms with Crippen molar-refractivity contribution in [1.82, 2.24) is 15.2 Å². The molecule has 0 saturated carbocycles. The lowest BCUT2D eigenvalue weighted by Gasteiger charge is -2.34. The smallest absolute Gasteiger partial charge is 0.118 e. The summed E-state index contributed by atoms with van der Waals surface area (Å²) in [5, 5.41) is 4.61.